The molecule has 1 rings (SSSR count). The highest BCUT2D eigenvalue weighted by Gasteiger charge is 2.44. The molecule has 0 amide bonds. The van der Waals surface area contributed by atoms with Crippen LogP contribution in [-0.4, -0.2) is 74.4 Å². The normalized spacial score (nSPS) is 23.8. The lowest BCUT2D eigenvalue weighted by molar-refractivity contribution is -0.738. The van der Waals surface area contributed by atoms with E-state index in [-0.39, 0.29) is 0 Å². The Labute approximate surface area is 177 Å². The Bertz CT molecular complexity index is 428. The molecule has 4 nitrogen and oxygen atoms in total. The molecular weight excluding hydrogens is 435 g/mol. The Morgan fingerprint density at radius 3 is 1.96 bits per heavy atom. The summed E-state index contributed by atoms with van der Waals surface area (Å²) in [6, 6.07) is 1.82. The zero-order chi connectivity index (χ0) is 20.1. The van der Waals surface area contributed by atoms with Gasteiger partial charge in [0.2, 0.25) is 0 Å². The van der Waals surface area contributed by atoms with Gasteiger partial charge >= 0.3 is 0 Å². The standard InChI is InChI=1S/C21H44IN4/c1-10-23(18(4)5)13-15-26(22)16-14-24(21(26)17(2)3)11-12-25(19(6)7)20(8)9/h14,16-21H,10-13,15H2,1-9H3/q+1. The van der Waals surface area contributed by atoms with Crippen LogP contribution in [0, 0.1) is 5.92 Å². The van der Waals surface area contributed by atoms with Gasteiger partial charge in [0.05, 0.1) is 6.20 Å². The van der Waals surface area contributed by atoms with Crippen LogP contribution in [0.15, 0.2) is 12.4 Å². The predicted molar refractivity (Wildman–Crippen MR) is 123 cm³/mol. The summed E-state index contributed by atoms with van der Waals surface area (Å²) in [5, 5.41) is 0. The molecule has 0 saturated carbocycles. The number of likely N-dealkylation sites (N-methyl/N-ethyl adjacent to an activating group) is 1. The van der Waals surface area contributed by atoms with E-state index < -0.39 is 0 Å². The van der Waals surface area contributed by atoms with Gasteiger partial charge in [0.25, 0.3) is 22.9 Å². The molecule has 1 heterocycles. The van der Waals surface area contributed by atoms with Crippen LogP contribution in [0.1, 0.15) is 62.3 Å². The first-order valence-corrected chi connectivity index (χ1v) is 11.5. The second-order valence-electron chi connectivity index (χ2n) is 8.89. The summed E-state index contributed by atoms with van der Waals surface area (Å²) < 4.78 is 1.00. The molecule has 1 aliphatic heterocycles. The summed E-state index contributed by atoms with van der Waals surface area (Å²) in [7, 11) is 0. The Hall–Kier alpha value is 0.150. The first-order chi connectivity index (χ1) is 12.0. The third-order valence-electron chi connectivity index (χ3n) is 5.69. The van der Waals surface area contributed by atoms with E-state index in [0.717, 1.165) is 28.9 Å². The maximum atomic E-state index is 2.68. The van der Waals surface area contributed by atoms with E-state index in [1.807, 2.05) is 0 Å². The minimum atomic E-state index is 0.530. The quantitative estimate of drug-likeness (QED) is 0.312. The maximum Gasteiger partial charge on any atom is 0.256 e. The van der Waals surface area contributed by atoms with Crippen molar-refractivity contribution in [3.63, 3.8) is 0 Å². The lowest BCUT2D eigenvalue weighted by Gasteiger charge is -2.40. The molecule has 5 heteroatoms. The van der Waals surface area contributed by atoms with Crippen LogP contribution in [0.4, 0.5) is 0 Å². The summed E-state index contributed by atoms with van der Waals surface area (Å²) in [4.78, 5) is 7.77. The van der Waals surface area contributed by atoms with Gasteiger partial charge in [-0.05, 0) is 48.1 Å². The molecular formula is C21H44IN4+. The van der Waals surface area contributed by atoms with Gasteiger partial charge in [0.1, 0.15) is 12.7 Å². The maximum absolute atomic E-state index is 2.68. The summed E-state index contributed by atoms with van der Waals surface area (Å²) in [6.45, 7) is 26.6. The van der Waals surface area contributed by atoms with Gasteiger partial charge in [0.15, 0.2) is 6.17 Å². The van der Waals surface area contributed by atoms with Crippen LogP contribution in [0.3, 0.4) is 0 Å². The number of halogens is 1. The minimum absolute atomic E-state index is 0.530. The number of quaternary nitrogens is 1. The molecule has 2 atom stereocenters. The summed E-state index contributed by atoms with van der Waals surface area (Å²) in [6.07, 6.45) is 5.32. The second-order valence-corrected chi connectivity index (χ2v) is 10.7. The summed E-state index contributed by atoms with van der Waals surface area (Å²) >= 11 is 2.68. The molecule has 2 unspecified atom stereocenters. The molecule has 0 aromatic carbocycles. The zero-order valence-electron chi connectivity index (χ0n) is 18.7. The highest BCUT2D eigenvalue weighted by molar-refractivity contribution is 14.1. The van der Waals surface area contributed by atoms with Gasteiger partial charge in [0, 0.05) is 43.7 Å². The van der Waals surface area contributed by atoms with Crippen LogP contribution in [0.2, 0.25) is 0 Å². The third kappa shape index (κ3) is 6.35. The van der Waals surface area contributed by atoms with E-state index in [9.17, 15) is 0 Å². The van der Waals surface area contributed by atoms with E-state index in [4.69, 9.17) is 0 Å². The number of rotatable bonds is 11. The lowest BCUT2D eigenvalue weighted by atomic mass is 10.1. The van der Waals surface area contributed by atoms with Crippen molar-refractivity contribution in [2.75, 3.05) is 32.7 Å². The average molecular weight is 480 g/mol. The number of hydrogen-bond acceptors (Lipinski definition) is 3. The largest absolute Gasteiger partial charge is 0.322 e. The number of nitrogens with zero attached hydrogens (tertiary/aromatic N) is 4. The molecule has 0 radical (unpaired) electrons. The smallest absolute Gasteiger partial charge is 0.256 e. The molecule has 0 N–H and O–H groups in total. The highest BCUT2D eigenvalue weighted by atomic mass is 127. The van der Waals surface area contributed by atoms with E-state index in [2.05, 4.69) is 112 Å². The van der Waals surface area contributed by atoms with Crippen molar-refractivity contribution in [1.82, 2.24) is 14.7 Å². The lowest BCUT2D eigenvalue weighted by Crippen LogP contribution is -2.54. The van der Waals surface area contributed by atoms with Crippen molar-refractivity contribution in [2.45, 2.75) is 86.6 Å². The van der Waals surface area contributed by atoms with Gasteiger partial charge in [-0.1, -0.05) is 20.8 Å². The van der Waals surface area contributed by atoms with Crippen LogP contribution in [0.25, 0.3) is 0 Å². The SMILES string of the molecule is CCN(CC[N+]1(I)C=CN(CCN(C(C)C)C(C)C)C1C(C)C)C(C)C. The Kier molecular flexibility index (Phi) is 9.89. The summed E-state index contributed by atoms with van der Waals surface area (Å²) in [5.74, 6) is 0.627. The van der Waals surface area contributed by atoms with Crippen LogP contribution >= 0.6 is 22.9 Å². The molecule has 26 heavy (non-hydrogen) atoms. The number of hydrogen-bond donors (Lipinski definition) is 0. The van der Waals surface area contributed by atoms with E-state index in [1.165, 1.54) is 6.54 Å². The molecule has 0 aliphatic carbocycles. The average Bonchev–Trinajstić information content (AvgIpc) is 2.84. The zero-order valence-corrected chi connectivity index (χ0v) is 20.9. The van der Waals surface area contributed by atoms with Gasteiger partial charge in [-0.15, -0.1) is 0 Å². The van der Waals surface area contributed by atoms with Crippen molar-refractivity contribution in [3.8, 4) is 0 Å². The summed E-state index contributed by atoms with van der Waals surface area (Å²) in [5.41, 5.74) is 0. The van der Waals surface area contributed by atoms with Gasteiger partial charge in [-0.25, -0.2) is 2.70 Å². The molecule has 0 fully saturated rings. The fourth-order valence-corrected chi connectivity index (χ4v) is 5.64. The molecule has 0 spiro atoms. The van der Waals surface area contributed by atoms with Crippen LogP contribution in [0.5, 0.6) is 0 Å². The van der Waals surface area contributed by atoms with Crippen LogP contribution < -0.4 is 0 Å². The fraction of sp³-hybridized carbons (Fsp3) is 0.905. The van der Waals surface area contributed by atoms with Crippen molar-refractivity contribution in [2.24, 2.45) is 5.92 Å². The van der Waals surface area contributed by atoms with Crippen molar-refractivity contribution in [3.05, 3.63) is 12.4 Å². The third-order valence-corrected chi connectivity index (χ3v) is 7.07. The van der Waals surface area contributed by atoms with Crippen LogP contribution in [-0.2, 0) is 0 Å². The van der Waals surface area contributed by atoms with E-state index in [1.54, 1.807) is 0 Å². The Balaban J connectivity index is 2.78. The Morgan fingerprint density at radius 1 is 0.962 bits per heavy atom. The molecule has 0 saturated heterocycles. The minimum Gasteiger partial charge on any atom is -0.322 e. The Morgan fingerprint density at radius 2 is 1.54 bits per heavy atom. The molecule has 0 bridgehead atoms. The second kappa shape index (κ2) is 10.6. The van der Waals surface area contributed by atoms with Gasteiger partial charge < -0.3 is 4.90 Å². The van der Waals surface area contributed by atoms with Gasteiger partial charge in [-0.3, -0.25) is 9.80 Å². The van der Waals surface area contributed by atoms with Crippen molar-refractivity contribution >= 4 is 22.9 Å². The topological polar surface area (TPSA) is 9.72 Å². The monoisotopic (exact) mass is 479 g/mol. The predicted octanol–water partition coefficient (Wildman–Crippen LogP) is 4.77. The molecule has 0 aromatic heterocycles. The van der Waals surface area contributed by atoms with E-state index in [0.29, 0.717) is 30.2 Å². The molecule has 0 aromatic rings. The first kappa shape index (κ1) is 24.2. The van der Waals surface area contributed by atoms with Crippen molar-refractivity contribution < 1.29 is 2.70 Å². The fourth-order valence-electron chi connectivity index (χ4n) is 4.32. The first-order valence-electron chi connectivity index (χ1n) is 10.6. The van der Waals surface area contributed by atoms with Crippen molar-refractivity contribution in [1.29, 1.82) is 0 Å². The molecule has 154 valence electrons. The van der Waals surface area contributed by atoms with Gasteiger partial charge in [-0.2, -0.15) is 0 Å². The highest BCUT2D eigenvalue weighted by Crippen LogP contribution is 2.35. The van der Waals surface area contributed by atoms with E-state index >= 15 is 0 Å². The molecule has 1 aliphatic rings.